The highest BCUT2D eigenvalue weighted by Crippen LogP contribution is 2.03. The van der Waals surface area contributed by atoms with E-state index in [1.165, 1.54) is 13.8 Å². The number of primary amides is 1. The van der Waals surface area contributed by atoms with Crippen molar-refractivity contribution in [1.29, 1.82) is 0 Å². The van der Waals surface area contributed by atoms with Crippen molar-refractivity contribution in [3.8, 4) is 0 Å². The number of nitrogens with one attached hydrogen (secondary N) is 3. The third kappa shape index (κ3) is 11.3. The lowest BCUT2D eigenvalue weighted by atomic mass is 10.1. The summed E-state index contributed by atoms with van der Waals surface area (Å²) in [5.41, 5.74) is 16.0. The number of amides is 4. The molecule has 178 valence electrons. The summed E-state index contributed by atoms with van der Waals surface area (Å²) in [5.74, 6) is -4.30. The third-order valence-corrected chi connectivity index (χ3v) is 4.45. The number of hydrogen-bond donors (Lipinski definition) is 8. The predicted molar refractivity (Wildman–Crippen MR) is 110 cm³/mol. The number of carboxylic acid groups (broad SMARTS) is 1. The topological polar surface area (TPSA) is 240 Å². The van der Waals surface area contributed by atoms with Crippen LogP contribution in [0.25, 0.3) is 0 Å². The van der Waals surface area contributed by atoms with E-state index in [2.05, 4.69) is 16.0 Å². The summed E-state index contributed by atoms with van der Waals surface area (Å²) in [6.07, 6.45) is -0.304. The molecule has 0 aliphatic heterocycles. The van der Waals surface area contributed by atoms with Crippen molar-refractivity contribution in [3.63, 3.8) is 0 Å². The number of aliphatic hydroxyl groups excluding tert-OH is 1. The van der Waals surface area contributed by atoms with Gasteiger partial charge in [0.2, 0.25) is 23.6 Å². The van der Waals surface area contributed by atoms with Gasteiger partial charge in [-0.2, -0.15) is 0 Å². The van der Waals surface area contributed by atoms with Gasteiger partial charge < -0.3 is 43.4 Å². The Bertz CT molecular complexity index is 643. The number of hydrogen-bond acceptors (Lipinski definition) is 8. The van der Waals surface area contributed by atoms with Crippen molar-refractivity contribution in [2.75, 3.05) is 6.54 Å². The summed E-state index contributed by atoms with van der Waals surface area (Å²) in [6.45, 7) is 3.02. The van der Waals surface area contributed by atoms with Crippen LogP contribution in [0.1, 0.15) is 46.0 Å². The van der Waals surface area contributed by atoms with Gasteiger partial charge in [0.1, 0.15) is 24.2 Å². The van der Waals surface area contributed by atoms with Crippen molar-refractivity contribution in [1.82, 2.24) is 16.0 Å². The molecule has 0 aliphatic carbocycles. The van der Waals surface area contributed by atoms with E-state index >= 15 is 0 Å². The molecule has 0 heterocycles. The van der Waals surface area contributed by atoms with Gasteiger partial charge in [0.05, 0.1) is 6.10 Å². The van der Waals surface area contributed by atoms with E-state index < -0.39 is 59.9 Å². The van der Waals surface area contributed by atoms with Crippen LogP contribution >= 0.6 is 0 Å². The van der Waals surface area contributed by atoms with E-state index in [-0.39, 0.29) is 19.3 Å². The van der Waals surface area contributed by atoms with E-state index in [9.17, 15) is 34.2 Å². The van der Waals surface area contributed by atoms with E-state index in [1.54, 1.807) is 0 Å². The number of rotatable bonds is 15. The first kappa shape index (κ1) is 28.2. The van der Waals surface area contributed by atoms with E-state index in [4.69, 9.17) is 17.2 Å². The third-order valence-electron chi connectivity index (χ3n) is 4.45. The maximum atomic E-state index is 12.5. The first-order valence-corrected chi connectivity index (χ1v) is 9.96. The molecular formula is C18H34N6O7. The molecule has 31 heavy (non-hydrogen) atoms. The van der Waals surface area contributed by atoms with Crippen LogP contribution in [-0.4, -0.2) is 76.6 Å². The van der Waals surface area contributed by atoms with Gasteiger partial charge in [-0.25, -0.2) is 4.79 Å². The molecule has 5 atom stereocenters. The fourth-order valence-corrected chi connectivity index (χ4v) is 2.47. The minimum Gasteiger partial charge on any atom is -0.480 e. The maximum Gasteiger partial charge on any atom is 0.326 e. The summed E-state index contributed by atoms with van der Waals surface area (Å²) < 4.78 is 0. The van der Waals surface area contributed by atoms with Gasteiger partial charge in [-0.05, 0) is 46.1 Å². The molecule has 0 rings (SSSR count). The van der Waals surface area contributed by atoms with Crippen molar-refractivity contribution < 1.29 is 34.2 Å². The Hall–Kier alpha value is -2.77. The van der Waals surface area contributed by atoms with Crippen molar-refractivity contribution in [2.45, 2.75) is 76.2 Å². The summed E-state index contributed by atoms with van der Waals surface area (Å²) in [6, 6.07) is -4.84. The summed E-state index contributed by atoms with van der Waals surface area (Å²) in [5, 5.41) is 25.7. The van der Waals surface area contributed by atoms with Crippen LogP contribution in [-0.2, 0) is 24.0 Å². The molecule has 0 bridgehead atoms. The number of unbranched alkanes of at least 4 members (excludes halogenated alkanes) is 1. The zero-order valence-corrected chi connectivity index (χ0v) is 17.8. The molecule has 13 nitrogen and oxygen atoms in total. The molecule has 0 aromatic rings. The SMILES string of the molecule is CC(NC(=O)C(CCC(N)=O)NC(=O)C(N)C(C)O)C(=O)NC(CCCCN)C(=O)O. The monoisotopic (exact) mass is 446 g/mol. The second kappa shape index (κ2) is 14.3. The van der Waals surface area contributed by atoms with Crippen LogP contribution in [0, 0.1) is 0 Å². The minimum atomic E-state index is -1.31. The van der Waals surface area contributed by atoms with Gasteiger partial charge in [0.15, 0.2) is 0 Å². The summed E-state index contributed by atoms with van der Waals surface area (Å²) in [7, 11) is 0. The lowest BCUT2D eigenvalue weighted by Gasteiger charge is -2.24. The number of carboxylic acids is 1. The second-order valence-electron chi connectivity index (χ2n) is 7.25. The number of carbonyl (C=O) groups is 5. The number of aliphatic hydroxyl groups is 1. The van der Waals surface area contributed by atoms with Crippen molar-refractivity contribution in [2.24, 2.45) is 17.2 Å². The molecule has 13 heteroatoms. The standard InChI is InChI=1S/C18H34N6O7/c1-9(15(27)24-12(18(30)31)5-3-4-8-19)22-16(28)11(6-7-13(20)26)23-17(29)14(21)10(2)25/h9-12,14,25H,3-8,19,21H2,1-2H3,(H2,20,26)(H,22,28)(H,23,29)(H,24,27)(H,30,31). The highest BCUT2D eigenvalue weighted by atomic mass is 16.4. The lowest BCUT2D eigenvalue weighted by Crippen LogP contribution is -2.57. The number of aliphatic carboxylic acids is 1. The Kier molecular flexibility index (Phi) is 13.0. The fourth-order valence-electron chi connectivity index (χ4n) is 2.47. The van der Waals surface area contributed by atoms with E-state index in [1.807, 2.05) is 0 Å². The molecule has 5 unspecified atom stereocenters. The Labute approximate surface area is 180 Å². The smallest absolute Gasteiger partial charge is 0.326 e. The number of nitrogens with two attached hydrogens (primary N) is 3. The molecule has 0 aromatic carbocycles. The first-order chi connectivity index (χ1) is 14.4. The van der Waals surface area contributed by atoms with E-state index in [0.29, 0.717) is 19.4 Å². The first-order valence-electron chi connectivity index (χ1n) is 9.96. The van der Waals surface area contributed by atoms with Crippen LogP contribution < -0.4 is 33.2 Å². The van der Waals surface area contributed by atoms with Crippen LogP contribution in [0.4, 0.5) is 0 Å². The highest BCUT2D eigenvalue weighted by molar-refractivity contribution is 5.94. The second-order valence-corrected chi connectivity index (χ2v) is 7.25. The molecule has 4 amide bonds. The molecule has 0 aromatic heterocycles. The van der Waals surface area contributed by atoms with Crippen LogP contribution in [0.2, 0.25) is 0 Å². The van der Waals surface area contributed by atoms with Gasteiger partial charge in [-0.3, -0.25) is 19.2 Å². The van der Waals surface area contributed by atoms with Crippen LogP contribution in [0.15, 0.2) is 0 Å². The van der Waals surface area contributed by atoms with Crippen molar-refractivity contribution in [3.05, 3.63) is 0 Å². The summed E-state index contributed by atoms with van der Waals surface area (Å²) in [4.78, 5) is 59.3. The van der Waals surface area contributed by atoms with Crippen LogP contribution in [0.3, 0.4) is 0 Å². The quantitative estimate of drug-likeness (QED) is 0.117. The van der Waals surface area contributed by atoms with Gasteiger partial charge in [-0.1, -0.05) is 0 Å². The normalized spacial score (nSPS) is 15.6. The van der Waals surface area contributed by atoms with Gasteiger partial charge in [0.25, 0.3) is 0 Å². The Morgan fingerprint density at radius 3 is 1.94 bits per heavy atom. The molecule has 11 N–H and O–H groups in total. The van der Waals surface area contributed by atoms with Crippen molar-refractivity contribution >= 4 is 29.6 Å². The number of carbonyl (C=O) groups excluding carboxylic acids is 4. The zero-order chi connectivity index (χ0) is 24.1. The van der Waals surface area contributed by atoms with Crippen LogP contribution in [0.5, 0.6) is 0 Å². The molecular weight excluding hydrogens is 412 g/mol. The minimum absolute atomic E-state index is 0.162. The molecule has 0 saturated heterocycles. The zero-order valence-electron chi connectivity index (χ0n) is 17.8. The Morgan fingerprint density at radius 1 is 0.871 bits per heavy atom. The molecule has 0 saturated carbocycles. The maximum absolute atomic E-state index is 12.5. The molecule has 0 spiro atoms. The average molecular weight is 447 g/mol. The molecule has 0 radical (unpaired) electrons. The highest BCUT2D eigenvalue weighted by Gasteiger charge is 2.29. The fraction of sp³-hybridized carbons (Fsp3) is 0.722. The van der Waals surface area contributed by atoms with Gasteiger partial charge >= 0.3 is 5.97 Å². The average Bonchev–Trinajstić information content (AvgIpc) is 2.68. The van der Waals surface area contributed by atoms with Gasteiger partial charge in [0, 0.05) is 6.42 Å². The molecule has 0 fully saturated rings. The molecule has 0 aliphatic rings. The van der Waals surface area contributed by atoms with E-state index in [0.717, 1.165) is 0 Å². The largest absolute Gasteiger partial charge is 0.480 e. The lowest BCUT2D eigenvalue weighted by molar-refractivity contribution is -0.142. The summed E-state index contributed by atoms with van der Waals surface area (Å²) >= 11 is 0. The van der Waals surface area contributed by atoms with Gasteiger partial charge in [-0.15, -0.1) is 0 Å². The Balaban J connectivity index is 5.06. The Morgan fingerprint density at radius 2 is 1.45 bits per heavy atom. The predicted octanol–water partition coefficient (Wildman–Crippen LogP) is -3.35.